The molecule has 2 nitrogen and oxygen atoms in total. The molecule has 1 N–H and O–H groups in total. The van der Waals surface area contributed by atoms with Crippen LogP contribution >= 0.6 is 0 Å². The molecule has 0 amide bonds. The van der Waals surface area contributed by atoms with Crippen molar-refractivity contribution in [3.8, 4) is 0 Å². The summed E-state index contributed by atoms with van der Waals surface area (Å²) >= 11 is 0. The predicted octanol–water partition coefficient (Wildman–Crippen LogP) is 3.74. The minimum absolute atomic E-state index is 0.160. The molecule has 1 aliphatic carbocycles. The minimum Gasteiger partial charge on any atom is -0.311 e. The molecule has 1 saturated carbocycles. The maximum atomic E-state index is 13.2. The van der Waals surface area contributed by atoms with Crippen molar-refractivity contribution in [2.75, 3.05) is 20.1 Å². The van der Waals surface area contributed by atoms with Gasteiger partial charge < -0.3 is 5.32 Å². The second-order valence-electron chi connectivity index (χ2n) is 5.76. The highest BCUT2D eigenvalue weighted by atomic mass is 19.1. The third kappa shape index (κ3) is 2.75. The van der Waals surface area contributed by atoms with Crippen LogP contribution in [0.1, 0.15) is 51.1 Å². The molecule has 0 aromatic heterocycles. The Hall–Kier alpha value is -0.930. The van der Waals surface area contributed by atoms with E-state index in [4.69, 9.17) is 0 Å². The van der Waals surface area contributed by atoms with Crippen LogP contribution in [0.4, 0.5) is 4.39 Å². The molecular formula is C17H27FN2. The fourth-order valence-corrected chi connectivity index (χ4v) is 4.03. The summed E-state index contributed by atoms with van der Waals surface area (Å²) in [6, 6.07) is 7.28. The van der Waals surface area contributed by atoms with E-state index in [0.717, 1.165) is 13.1 Å². The van der Waals surface area contributed by atoms with E-state index >= 15 is 0 Å². The van der Waals surface area contributed by atoms with Crippen molar-refractivity contribution in [3.05, 3.63) is 35.6 Å². The average molecular weight is 278 g/mol. The smallest absolute Gasteiger partial charge is 0.123 e. The molecule has 3 heteroatoms. The lowest BCUT2D eigenvalue weighted by atomic mass is 9.81. The molecular weight excluding hydrogens is 251 g/mol. The van der Waals surface area contributed by atoms with Gasteiger partial charge in [-0.05, 0) is 50.7 Å². The van der Waals surface area contributed by atoms with E-state index in [-0.39, 0.29) is 17.4 Å². The molecule has 0 radical (unpaired) electrons. The molecule has 20 heavy (non-hydrogen) atoms. The van der Waals surface area contributed by atoms with Gasteiger partial charge in [0, 0.05) is 5.54 Å². The Balaban J connectivity index is 2.37. The normalized spacial score (nSPS) is 19.4. The lowest BCUT2D eigenvalue weighted by molar-refractivity contribution is 0.0655. The van der Waals surface area contributed by atoms with Gasteiger partial charge in [-0.3, -0.25) is 4.90 Å². The number of likely N-dealkylation sites (N-methyl/N-ethyl adjacent to an activating group) is 2. The topological polar surface area (TPSA) is 15.3 Å². The number of halogens is 1. The Kier molecular flexibility index (Phi) is 5.17. The van der Waals surface area contributed by atoms with Gasteiger partial charge in [0.1, 0.15) is 5.82 Å². The van der Waals surface area contributed by atoms with Gasteiger partial charge in [0.25, 0.3) is 0 Å². The number of benzene rings is 1. The molecule has 0 bridgehead atoms. The summed E-state index contributed by atoms with van der Waals surface area (Å²) in [6.45, 7) is 6.60. The van der Waals surface area contributed by atoms with Gasteiger partial charge in [-0.15, -0.1) is 0 Å². The van der Waals surface area contributed by atoms with E-state index in [1.807, 2.05) is 19.2 Å². The van der Waals surface area contributed by atoms with E-state index in [2.05, 4.69) is 24.1 Å². The van der Waals surface area contributed by atoms with Crippen LogP contribution in [0.5, 0.6) is 0 Å². The first-order valence-corrected chi connectivity index (χ1v) is 7.85. The Bertz CT molecular complexity index is 406. The van der Waals surface area contributed by atoms with Crippen molar-refractivity contribution in [2.24, 2.45) is 0 Å². The standard InChI is InChI=1S/C17H27FN2/c1-4-20(5-2)17(12-6-7-13-17)16(19-3)14-8-10-15(18)11-9-14/h8-11,16,19H,4-7,12-13H2,1-3H3. The number of nitrogens with zero attached hydrogens (tertiary/aromatic N) is 1. The van der Waals surface area contributed by atoms with E-state index < -0.39 is 0 Å². The van der Waals surface area contributed by atoms with E-state index in [0.29, 0.717) is 0 Å². The number of nitrogens with one attached hydrogen (secondary N) is 1. The summed E-state index contributed by atoms with van der Waals surface area (Å²) < 4.78 is 13.2. The minimum atomic E-state index is -0.160. The van der Waals surface area contributed by atoms with Crippen LogP contribution in [0.25, 0.3) is 0 Å². The van der Waals surface area contributed by atoms with Crippen molar-refractivity contribution < 1.29 is 4.39 Å². The summed E-state index contributed by atoms with van der Waals surface area (Å²) in [7, 11) is 2.03. The van der Waals surface area contributed by atoms with Crippen LogP contribution < -0.4 is 5.32 Å². The highest BCUT2D eigenvalue weighted by Gasteiger charge is 2.44. The third-order valence-corrected chi connectivity index (χ3v) is 4.89. The molecule has 112 valence electrons. The van der Waals surface area contributed by atoms with Gasteiger partial charge in [-0.25, -0.2) is 4.39 Å². The maximum Gasteiger partial charge on any atom is 0.123 e. The summed E-state index contributed by atoms with van der Waals surface area (Å²) in [5.41, 5.74) is 1.37. The molecule has 1 atom stereocenters. The number of hydrogen-bond acceptors (Lipinski definition) is 2. The molecule has 2 rings (SSSR count). The van der Waals surface area contributed by atoms with Crippen LogP contribution in [0, 0.1) is 5.82 Å². The van der Waals surface area contributed by atoms with Crippen LogP contribution in [0.2, 0.25) is 0 Å². The fraction of sp³-hybridized carbons (Fsp3) is 0.647. The van der Waals surface area contributed by atoms with Crippen molar-refractivity contribution in [1.82, 2.24) is 10.2 Å². The largest absolute Gasteiger partial charge is 0.311 e. The zero-order valence-electron chi connectivity index (χ0n) is 13.0. The van der Waals surface area contributed by atoms with Gasteiger partial charge in [0.15, 0.2) is 0 Å². The molecule has 1 unspecified atom stereocenters. The maximum absolute atomic E-state index is 13.2. The Morgan fingerprint density at radius 3 is 2.15 bits per heavy atom. The van der Waals surface area contributed by atoms with Gasteiger partial charge >= 0.3 is 0 Å². The summed E-state index contributed by atoms with van der Waals surface area (Å²) in [5.74, 6) is -0.160. The molecule has 1 aromatic rings. The quantitative estimate of drug-likeness (QED) is 0.852. The first kappa shape index (κ1) is 15.5. The first-order valence-electron chi connectivity index (χ1n) is 7.85. The SMILES string of the molecule is CCN(CC)C1(C(NC)c2ccc(F)cc2)CCCC1. The van der Waals surface area contributed by atoms with E-state index in [1.54, 1.807) is 12.1 Å². The Morgan fingerprint density at radius 2 is 1.70 bits per heavy atom. The van der Waals surface area contributed by atoms with Gasteiger partial charge in [0.2, 0.25) is 0 Å². The lowest BCUT2D eigenvalue weighted by Crippen LogP contribution is -2.54. The van der Waals surface area contributed by atoms with Gasteiger partial charge in [-0.1, -0.05) is 38.8 Å². The van der Waals surface area contributed by atoms with Crippen LogP contribution in [0.3, 0.4) is 0 Å². The summed E-state index contributed by atoms with van der Waals surface area (Å²) in [4.78, 5) is 2.59. The second-order valence-corrected chi connectivity index (χ2v) is 5.76. The van der Waals surface area contributed by atoms with Crippen LogP contribution in [-0.4, -0.2) is 30.6 Å². The number of hydrogen-bond donors (Lipinski definition) is 1. The zero-order valence-corrected chi connectivity index (χ0v) is 13.0. The molecule has 0 heterocycles. The van der Waals surface area contributed by atoms with E-state index in [1.165, 1.54) is 31.2 Å². The van der Waals surface area contributed by atoms with Crippen LogP contribution in [0.15, 0.2) is 24.3 Å². The van der Waals surface area contributed by atoms with Crippen molar-refractivity contribution in [2.45, 2.75) is 51.1 Å². The van der Waals surface area contributed by atoms with Gasteiger partial charge in [-0.2, -0.15) is 0 Å². The molecule has 0 saturated heterocycles. The molecule has 0 spiro atoms. The van der Waals surface area contributed by atoms with Crippen molar-refractivity contribution in [3.63, 3.8) is 0 Å². The molecule has 1 fully saturated rings. The van der Waals surface area contributed by atoms with Crippen LogP contribution in [-0.2, 0) is 0 Å². The monoisotopic (exact) mass is 278 g/mol. The highest BCUT2D eigenvalue weighted by Crippen LogP contribution is 2.44. The average Bonchev–Trinajstić information content (AvgIpc) is 2.93. The first-order chi connectivity index (χ1) is 9.67. The molecule has 1 aliphatic rings. The highest BCUT2D eigenvalue weighted by molar-refractivity contribution is 5.25. The van der Waals surface area contributed by atoms with Gasteiger partial charge in [0.05, 0.1) is 6.04 Å². The Morgan fingerprint density at radius 1 is 1.15 bits per heavy atom. The Labute approximate surface area is 122 Å². The second kappa shape index (κ2) is 6.68. The molecule has 0 aliphatic heterocycles. The molecule has 1 aromatic carbocycles. The third-order valence-electron chi connectivity index (χ3n) is 4.89. The fourth-order valence-electron chi connectivity index (χ4n) is 4.03. The number of rotatable bonds is 6. The summed E-state index contributed by atoms with van der Waals surface area (Å²) in [5, 5.41) is 3.51. The van der Waals surface area contributed by atoms with Crippen molar-refractivity contribution >= 4 is 0 Å². The van der Waals surface area contributed by atoms with Crippen molar-refractivity contribution in [1.29, 1.82) is 0 Å². The summed E-state index contributed by atoms with van der Waals surface area (Å²) in [6.07, 6.45) is 5.01. The predicted molar refractivity (Wildman–Crippen MR) is 82.3 cm³/mol. The van der Waals surface area contributed by atoms with E-state index in [9.17, 15) is 4.39 Å². The lowest BCUT2D eigenvalue weighted by Gasteiger charge is -2.46. The zero-order chi connectivity index (χ0) is 14.6.